The Kier molecular flexibility index (Phi) is 4.53. The molecule has 1 aliphatic carbocycles. The van der Waals surface area contributed by atoms with Crippen LogP contribution < -0.4 is 5.32 Å². The first-order chi connectivity index (χ1) is 9.70. The van der Waals surface area contributed by atoms with Crippen LogP contribution >= 0.6 is 15.9 Å². The van der Waals surface area contributed by atoms with Crippen LogP contribution in [-0.2, 0) is 0 Å². The second-order valence-electron chi connectivity index (χ2n) is 5.78. The van der Waals surface area contributed by atoms with Crippen molar-refractivity contribution in [3.8, 4) is 0 Å². The Morgan fingerprint density at radius 3 is 2.70 bits per heavy atom. The van der Waals surface area contributed by atoms with Crippen molar-refractivity contribution in [2.75, 3.05) is 51.6 Å². The Morgan fingerprint density at radius 1 is 1.25 bits per heavy atom. The third-order valence-corrected chi connectivity index (χ3v) is 4.39. The van der Waals surface area contributed by atoms with E-state index in [4.69, 9.17) is 0 Å². The lowest BCUT2D eigenvalue weighted by atomic mass is 10.3. The molecule has 2 heterocycles. The highest BCUT2D eigenvalue weighted by Crippen LogP contribution is 2.38. The summed E-state index contributed by atoms with van der Waals surface area (Å²) < 4.78 is 0.886. The van der Waals surface area contributed by atoms with Crippen molar-refractivity contribution < 1.29 is 0 Å². The highest BCUT2D eigenvalue weighted by molar-refractivity contribution is 9.10. The van der Waals surface area contributed by atoms with Gasteiger partial charge in [-0.05, 0) is 35.8 Å². The molecule has 1 aliphatic heterocycles. The van der Waals surface area contributed by atoms with Gasteiger partial charge in [0.05, 0.1) is 0 Å². The van der Waals surface area contributed by atoms with E-state index in [0.717, 1.165) is 29.3 Å². The van der Waals surface area contributed by atoms with Crippen LogP contribution in [0.2, 0.25) is 0 Å². The molecular weight excluding hydrogens is 318 g/mol. The highest BCUT2D eigenvalue weighted by Gasteiger charge is 2.27. The molecule has 0 bridgehead atoms. The predicted molar refractivity (Wildman–Crippen MR) is 84.1 cm³/mol. The van der Waals surface area contributed by atoms with Crippen LogP contribution in [0.15, 0.2) is 10.7 Å². The summed E-state index contributed by atoms with van der Waals surface area (Å²) in [5.74, 6) is 2.52. The minimum atomic E-state index is 0.589. The Balaban J connectivity index is 1.48. The van der Waals surface area contributed by atoms with E-state index in [9.17, 15) is 0 Å². The predicted octanol–water partition coefficient (Wildman–Crippen LogP) is 1.78. The summed E-state index contributed by atoms with van der Waals surface area (Å²) in [7, 11) is 2.19. The number of hydrogen-bond acceptors (Lipinski definition) is 5. The van der Waals surface area contributed by atoms with Crippen LogP contribution in [0.3, 0.4) is 0 Å². The molecule has 0 unspecified atom stereocenters. The van der Waals surface area contributed by atoms with E-state index in [-0.39, 0.29) is 0 Å². The molecule has 110 valence electrons. The molecule has 0 spiro atoms. The number of aromatic nitrogens is 2. The smallest absolute Gasteiger partial charge is 0.135 e. The molecule has 2 aliphatic rings. The van der Waals surface area contributed by atoms with Gasteiger partial charge in [-0.3, -0.25) is 4.90 Å². The number of likely N-dealkylation sites (N-methyl/N-ethyl adjacent to an activating group) is 1. The maximum absolute atomic E-state index is 4.61. The lowest BCUT2D eigenvalue weighted by Crippen LogP contribution is -2.45. The van der Waals surface area contributed by atoms with Crippen molar-refractivity contribution in [1.29, 1.82) is 0 Å². The molecule has 1 aromatic rings. The van der Waals surface area contributed by atoms with Crippen LogP contribution in [0.5, 0.6) is 0 Å². The number of nitrogens with zero attached hydrogens (tertiary/aromatic N) is 4. The quantitative estimate of drug-likeness (QED) is 0.828. The SMILES string of the molecule is CN1CCN(CCNc2cc(Br)nc(C3CC3)n2)CC1. The van der Waals surface area contributed by atoms with Crippen LogP contribution in [-0.4, -0.2) is 66.1 Å². The van der Waals surface area contributed by atoms with Gasteiger partial charge in [-0.2, -0.15) is 0 Å². The summed E-state index contributed by atoms with van der Waals surface area (Å²) in [5, 5.41) is 3.43. The van der Waals surface area contributed by atoms with Gasteiger partial charge in [-0.15, -0.1) is 0 Å². The van der Waals surface area contributed by atoms with E-state index in [1.165, 1.54) is 39.0 Å². The first kappa shape index (κ1) is 14.2. The summed E-state index contributed by atoms with van der Waals surface area (Å²) in [6.45, 7) is 6.69. The van der Waals surface area contributed by atoms with Crippen LogP contribution in [0.4, 0.5) is 5.82 Å². The molecule has 2 fully saturated rings. The van der Waals surface area contributed by atoms with Gasteiger partial charge in [0, 0.05) is 51.3 Å². The van der Waals surface area contributed by atoms with Crippen LogP contribution in [0, 0.1) is 0 Å². The Hall–Kier alpha value is -0.720. The van der Waals surface area contributed by atoms with Gasteiger partial charge < -0.3 is 10.2 Å². The van der Waals surface area contributed by atoms with Crippen molar-refractivity contribution >= 4 is 21.7 Å². The van der Waals surface area contributed by atoms with Crippen molar-refractivity contribution in [3.05, 3.63) is 16.5 Å². The van der Waals surface area contributed by atoms with Crippen molar-refractivity contribution in [3.63, 3.8) is 0 Å². The standard InChI is InChI=1S/C14H22BrN5/c1-19-6-8-20(9-7-19)5-4-16-13-10-12(15)17-14(18-13)11-2-3-11/h10-11H,2-9H2,1H3,(H,16,17,18). The molecule has 1 aromatic heterocycles. The van der Waals surface area contributed by atoms with Gasteiger partial charge in [0.2, 0.25) is 0 Å². The molecular formula is C14H22BrN5. The number of piperazine rings is 1. The molecule has 1 N–H and O–H groups in total. The average molecular weight is 340 g/mol. The summed E-state index contributed by atoms with van der Waals surface area (Å²) in [6.07, 6.45) is 2.47. The maximum atomic E-state index is 4.61. The fourth-order valence-electron chi connectivity index (χ4n) is 2.46. The Morgan fingerprint density at radius 2 is 2.00 bits per heavy atom. The molecule has 0 amide bonds. The monoisotopic (exact) mass is 339 g/mol. The van der Waals surface area contributed by atoms with E-state index in [1.54, 1.807) is 0 Å². The third-order valence-electron chi connectivity index (χ3n) is 3.98. The zero-order valence-electron chi connectivity index (χ0n) is 12.0. The normalized spacial score (nSPS) is 21.1. The van der Waals surface area contributed by atoms with Crippen molar-refractivity contribution in [2.24, 2.45) is 0 Å². The van der Waals surface area contributed by atoms with E-state index < -0.39 is 0 Å². The number of halogens is 1. The summed E-state index contributed by atoms with van der Waals surface area (Å²) in [5.41, 5.74) is 0. The Bertz CT molecular complexity index is 455. The molecule has 0 aromatic carbocycles. The number of rotatable bonds is 5. The van der Waals surface area contributed by atoms with Gasteiger partial charge in [-0.1, -0.05) is 0 Å². The van der Waals surface area contributed by atoms with Crippen molar-refractivity contribution in [2.45, 2.75) is 18.8 Å². The second-order valence-corrected chi connectivity index (χ2v) is 6.59. The Labute approximate surface area is 128 Å². The summed E-state index contributed by atoms with van der Waals surface area (Å²) in [6, 6.07) is 1.97. The summed E-state index contributed by atoms with van der Waals surface area (Å²) in [4.78, 5) is 14.0. The lowest BCUT2D eigenvalue weighted by molar-refractivity contribution is 0.158. The van der Waals surface area contributed by atoms with Gasteiger partial charge in [0.15, 0.2) is 0 Å². The largest absolute Gasteiger partial charge is 0.369 e. The fourth-order valence-corrected chi connectivity index (χ4v) is 2.86. The van der Waals surface area contributed by atoms with Crippen LogP contribution in [0.25, 0.3) is 0 Å². The third kappa shape index (κ3) is 3.90. The zero-order chi connectivity index (χ0) is 13.9. The van der Waals surface area contributed by atoms with E-state index >= 15 is 0 Å². The van der Waals surface area contributed by atoms with E-state index in [1.807, 2.05) is 6.07 Å². The first-order valence-corrected chi connectivity index (χ1v) is 8.19. The van der Waals surface area contributed by atoms with E-state index in [2.05, 4.69) is 48.1 Å². The van der Waals surface area contributed by atoms with Gasteiger partial charge in [0.25, 0.3) is 0 Å². The second kappa shape index (κ2) is 6.37. The minimum Gasteiger partial charge on any atom is -0.369 e. The molecule has 0 atom stereocenters. The van der Waals surface area contributed by atoms with Crippen LogP contribution in [0.1, 0.15) is 24.6 Å². The maximum Gasteiger partial charge on any atom is 0.135 e. The number of nitrogens with one attached hydrogen (secondary N) is 1. The fraction of sp³-hybridized carbons (Fsp3) is 0.714. The average Bonchev–Trinajstić information content (AvgIpc) is 3.25. The van der Waals surface area contributed by atoms with Gasteiger partial charge in [0.1, 0.15) is 16.2 Å². The highest BCUT2D eigenvalue weighted by atomic mass is 79.9. The van der Waals surface area contributed by atoms with Gasteiger partial charge in [-0.25, -0.2) is 9.97 Å². The molecule has 6 heteroatoms. The molecule has 0 radical (unpaired) electrons. The molecule has 5 nitrogen and oxygen atoms in total. The summed E-state index contributed by atoms with van der Waals surface area (Å²) >= 11 is 3.48. The lowest BCUT2D eigenvalue weighted by Gasteiger charge is -2.32. The molecule has 20 heavy (non-hydrogen) atoms. The molecule has 3 rings (SSSR count). The number of anilines is 1. The minimum absolute atomic E-state index is 0.589. The topological polar surface area (TPSA) is 44.3 Å². The number of hydrogen-bond donors (Lipinski definition) is 1. The molecule has 1 saturated carbocycles. The van der Waals surface area contributed by atoms with Crippen molar-refractivity contribution in [1.82, 2.24) is 19.8 Å². The van der Waals surface area contributed by atoms with Gasteiger partial charge >= 0.3 is 0 Å². The van der Waals surface area contributed by atoms with E-state index in [0.29, 0.717) is 5.92 Å². The molecule has 1 saturated heterocycles. The first-order valence-electron chi connectivity index (χ1n) is 7.40. The zero-order valence-corrected chi connectivity index (χ0v) is 13.6.